The van der Waals surface area contributed by atoms with Crippen molar-refractivity contribution in [2.24, 2.45) is 0 Å². The number of hydrogen-bond acceptors (Lipinski definition) is 6. The number of amides is 2. The average Bonchev–Trinajstić information content (AvgIpc) is 3.15. The van der Waals surface area contributed by atoms with Crippen LogP contribution in [0.25, 0.3) is 0 Å². The zero-order valence-electron chi connectivity index (χ0n) is 27.8. The topological polar surface area (TPSA) is 95.0 Å². The fraction of sp³-hybridized carbons (Fsp3) is 0.375. The first-order chi connectivity index (χ1) is 23.8. The van der Waals surface area contributed by atoms with Gasteiger partial charge in [0.15, 0.2) is 0 Å². The maximum absolute atomic E-state index is 13.3. The molecule has 0 saturated carbocycles. The van der Waals surface area contributed by atoms with Gasteiger partial charge in [-0.2, -0.15) is 0 Å². The van der Waals surface area contributed by atoms with Gasteiger partial charge in [0.25, 0.3) is 5.91 Å². The van der Waals surface area contributed by atoms with Gasteiger partial charge >= 0.3 is 6.09 Å². The number of carbonyl (C=O) groups excluding carboxylic acids is 2. The van der Waals surface area contributed by atoms with Gasteiger partial charge in [-0.25, -0.2) is 4.79 Å². The van der Waals surface area contributed by atoms with E-state index < -0.39 is 17.1 Å². The fourth-order valence-electron chi connectivity index (χ4n) is 7.33. The molecule has 49 heavy (non-hydrogen) atoms. The van der Waals surface area contributed by atoms with E-state index in [1.165, 1.54) is 0 Å². The molecule has 2 aliphatic rings. The van der Waals surface area contributed by atoms with Crippen LogP contribution in [0.15, 0.2) is 109 Å². The number of rotatable bonds is 11. The third kappa shape index (κ3) is 8.50. The number of hydrogen-bond donors (Lipinski definition) is 2. The van der Waals surface area contributed by atoms with Crippen LogP contribution in [0.3, 0.4) is 0 Å². The molecule has 8 nitrogen and oxygen atoms in total. The van der Waals surface area contributed by atoms with E-state index in [2.05, 4.69) is 39.5 Å². The number of ether oxygens (including phenoxy) is 1. The largest absolute Gasteiger partial charge is 0.446 e. The summed E-state index contributed by atoms with van der Waals surface area (Å²) in [6.07, 6.45) is 6.77. The van der Waals surface area contributed by atoms with Gasteiger partial charge in [0.1, 0.15) is 6.10 Å². The van der Waals surface area contributed by atoms with Crippen molar-refractivity contribution in [3.63, 3.8) is 0 Å². The Morgan fingerprint density at radius 3 is 2.10 bits per heavy atom. The Morgan fingerprint density at radius 2 is 1.51 bits per heavy atom. The number of pyridine rings is 1. The number of nitrogens with one attached hydrogen (secondary N) is 1. The summed E-state index contributed by atoms with van der Waals surface area (Å²) in [5.41, 5.74) is 2.46. The van der Waals surface area contributed by atoms with Crippen molar-refractivity contribution in [1.29, 1.82) is 0 Å². The van der Waals surface area contributed by atoms with E-state index in [1.807, 2.05) is 60.7 Å². The van der Waals surface area contributed by atoms with E-state index in [1.54, 1.807) is 29.4 Å². The molecule has 0 unspecified atom stereocenters. The molecule has 4 aromatic rings. The Morgan fingerprint density at radius 1 is 0.878 bits per heavy atom. The van der Waals surface area contributed by atoms with Gasteiger partial charge < -0.3 is 25.0 Å². The predicted molar refractivity (Wildman–Crippen MR) is 192 cm³/mol. The van der Waals surface area contributed by atoms with Crippen molar-refractivity contribution in [3.8, 4) is 0 Å². The van der Waals surface area contributed by atoms with Gasteiger partial charge in [-0.1, -0.05) is 84.4 Å². The molecule has 1 aromatic heterocycles. The van der Waals surface area contributed by atoms with Gasteiger partial charge in [0.2, 0.25) is 0 Å². The van der Waals surface area contributed by atoms with Crippen LogP contribution in [0.2, 0.25) is 5.02 Å². The second-order valence-electron chi connectivity index (χ2n) is 13.3. The number of carbonyl (C=O) groups is 2. The Labute approximate surface area is 294 Å². The number of aromatic nitrogens is 1. The molecule has 9 heteroatoms. The Kier molecular flexibility index (Phi) is 11.3. The summed E-state index contributed by atoms with van der Waals surface area (Å²) in [4.78, 5) is 34.4. The predicted octanol–water partition coefficient (Wildman–Crippen LogP) is 6.82. The zero-order valence-corrected chi connectivity index (χ0v) is 28.6. The summed E-state index contributed by atoms with van der Waals surface area (Å²) in [5.74, 6) is -0.0479. The minimum atomic E-state index is -0.839. The molecule has 2 saturated heterocycles. The average molecular weight is 681 g/mol. The third-order valence-corrected chi connectivity index (χ3v) is 10.5. The lowest BCUT2D eigenvalue weighted by Crippen LogP contribution is -2.46. The molecule has 2 amide bonds. The highest BCUT2D eigenvalue weighted by molar-refractivity contribution is 6.30. The first kappa shape index (κ1) is 34.6. The van der Waals surface area contributed by atoms with Gasteiger partial charge in [0.05, 0.1) is 11.2 Å². The number of nitrogens with zero attached hydrogens (tertiary/aromatic N) is 3. The Balaban J connectivity index is 1.08. The molecule has 256 valence electrons. The molecule has 2 fully saturated rings. The van der Waals surface area contributed by atoms with Crippen LogP contribution in [0, 0.1) is 0 Å². The summed E-state index contributed by atoms with van der Waals surface area (Å²) in [6.45, 7) is 3.93. The molecule has 3 aromatic carbocycles. The van der Waals surface area contributed by atoms with Crippen LogP contribution in [0.5, 0.6) is 0 Å². The maximum atomic E-state index is 13.3. The van der Waals surface area contributed by atoms with E-state index in [0.717, 1.165) is 49.2 Å². The lowest BCUT2D eigenvalue weighted by molar-refractivity contribution is -0.0262. The highest BCUT2D eigenvalue weighted by Crippen LogP contribution is 2.38. The number of piperidine rings is 2. The SMILES string of the molecule is O=C(NCC(CCCN1CCC(O)(c2ccc(Cl)cc2)CC1)(c1ccccc1)c1ccccc1)OC1CCN(C(=O)c2cccnc2)CC1. The Hall–Kier alpha value is -4.24. The molecule has 0 radical (unpaired) electrons. The Bertz CT molecular complexity index is 1600. The number of likely N-dealkylation sites (tertiary alicyclic amines) is 2. The number of aliphatic hydroxyl groups is 1. The molecule has 3 heterocycles. The number of benzene rings is 3. The summed E-state index contributed by atoms with van der Waals surface area (Å²) < 4.78 is 5.91. The normalized spacial score (nSPS) is 17.0. The minimum Gasteiger partial charge on any atom is -0.446 e. The summed E-state index contributed by atoms with van der Waals surface area (Å²) >= 11 is 6.08. The summed E-state index contributed by atoms with van der Waals surface area (Å²) in [5, 5.41) is 15.2. The minimum absolute atomic E-state index is 0.0479. The molecular formula is C40H45ClN4O4. The lowest BCUT2D eigenvalue weighted by Gasteiger charge is -2.40. The second-order valence-corrected chi connectivity index (χ2v) is 13.7. The fourth-order valence-corrected chi connectivity index (χ4v) is 7.45. The molecule has 2 N–H and O–H groups in total. The van der Waals surface area contributed by atoms with E-state index in [9.17, 15) is 14.7 Å². The molecule has 0 bridgehead atoms. The zero-order chi connectivity index (χ0) is 34.1. The monoisotopic (exact) mass is 680 g/mol. The number of alkyl carbamates (subject to hydrolysis) is 1. The summed E-state index contributed by atoms with van der Waals surface area (Å²) in [6, 6.07) is 31.9. The molecule has 0 aliphatic carbocycles. The highest BCUT2D eigenvalue weighted by atomic mass is 35.5. The third-order valence-electron chi connectivity index (χ3n) is 10.2. The van der Waals surface area contributed by atoms with Crippen molar-refractivity contribution in [1.82, 2.24) is 20.1 Å². The van der Waals surface area contributed by atoms with Crippen molar-refractivity contribution in [3.05, 3.63) is 137 Å². The number of halogens is 1. The molecule has 0 atom stereocenters. The van der Waals surface area contributed by atoms with Crippen molar-refractivity contribution >= 4 is 23.6 Å². The first-order valence-corrected chi connectivity index (χ1v) is 17.7. The van der Waals surface area contributed by atoms with Crippen molar-refractivity contribution in [2.45, 2.75) is 55.6 Å². The molecule has 2 aliphatic heterocycles. The first-order valence-electron chi connectivity index (χ1n) is 17.3. The van der Waals surface area contributed by atoms with Crippen LogP contribution >= 0.6 is 11.6 Å². The summed E-state index contributed by atoms with van der Waals surface area (Å²) in [7, 11) is 0. The van der Waals surface area contributed by atoms with E-state index in [4.69, 9.17) is 16.3 Å². The standard InChI is InChI=1S/C40H45ClN4O4/c41-35-16-14-34(15-17-35)40(48)21-27-44(28-22-40)24-8-20-39(32-10-3-1-4-11-32,33-12-5-2-6-13-33)30-43-38(47)49-36-18-25-45(26-19-36)37(46)31-9-7-23-42-29-31/h1-7,9-17,23,29,36,48H,8,18-22,24-28,30H2,(H,43,47). The van der Waals surface area contributed by atoms with E-state index in [-0.39, 0.29) is 12.0 Å². The van der Waals surface area contributed by atoms with Gasteiger partial charge in [-0.05, 0) is 73.2 Å². The van der Waals surface area contributed by atoms with Crippen LogP contribution in [-0.2, 0) is 15.8 Å². The second kappa shape index (κ2) is 16.0. The van der Waals surface area contributed by atoms with Crippen LogP contribution < -0.4 is 5.32 Å². The van der Waals surface area contributed by atoms with Crippen molar-refractivity contribution in [2.75, 3.05) is 39.3 Å². The van der Waals surface area contributed by atoms with Gasteiger partial charge in [-0.3, -0.25) is 9.78 Å². The van der Waals surface area contributed by atoms with Gasteiger partial charge in [-0.15, -0.1) is 0 Å². The van der Waals surface area contributed by atoms with Gasteiger partial charge in [0, 0.05) is 68.4 Å². The van der Waals surface area contributed by atoms with Crippen LogP contribution in [0.4, 0.5) is 4.79 Å². The van der Waals surface area contributed by atoms with Crippen LogP contribution in [0.1, 0.15) is 65.6 Å². The lowest BCUT2D eigenvalue weighted by atomic mass is 9.71. The van der Waals surface area contributed by atoms with E-state index in [0.29, 0.717) is 55.9 Å². The molecular weight excluding hydrogens is 636 g/mol. The highest BCUT2D eigenvalue weighted by Gasteiger charge is 2.37. The molecule has 6 rings (SSSR count). The smallest absolute Gasteiger partial charge is 0.407 e. The quantitative estimate of drug-likeness (QED) is 0.181. The van der Waals surface area contributed by atoms with E-state index >= 15 is 0 Å². The van der Waals surface area contributed by atoms with Crippen molar-refractivity contribution < 1.29 is 19.4 Å². The van der Waals surface area contributed by atoms with Crippen LogP contribution in [-0.4, -0.2) is 77.3 Å². The molecule has 0 spiro atoms. The maximum Gasteiger partial charge on any atom is 0.407 e.